The summed E-state index contributed by atoms with van der Waals surface area (Å²) in [5, 5.41) is 7.81. The first-order chi connectivity index (χ1) is 32.0. The average molecular weight is 831 g/mol. The quantitative estimate of drug-likeness (QED) is 0.134. The summed E-state index contributed by atoms with van der Waals surface area (Å²) < 4.78 is 0. The third kappa shape index (κ3) is 6.65. The molecule has 1 aliphatic rings. The van der Waals surface area contributed by atoms with Gasteiger partial charge in [0.05, 0.1) is 5.69 Å². The minimum Gasteiger partial charge on any atom is -0.311 e. The molecule has 2 nitrogen and oxygen atoms in total. The van der Waals surface area contributed by atoms with E-state index in [1.165, 1.54) is 76.8 Å². The molecule has 12 rings (SSSR count). The molecule has 0 fully saturated rings. The lowest BCUT2D eigenvalue weighted by Gasteiger charge is -2.29. The minimum atomic E-state index is -0.120. The highest BCUT2D eigenvalue weighted by Gasteiger charge is 2.35. The first kappa shape index (κ1) is 38.5. The zero-order valence-corrected chi connectivity index (χ0v) is 36.5. The van der Waals surface area contributed by atoms with E-state index >= 15 is 0 Å². The molecule has 0 N–H and O–H groups in total. The number of nitrogens with zero attached hydrogens (tertiary/aromatic N) is 2. The Morgan fingerprint density at radius 2 is 0.692 bits per heavy atom. The van der Waals surface area contributed by atoms with Crippen LogP contribution in [0, 0.1) is 0 Å². The van der Waals surface area contributed by atoms with Crippen LogP contribution in [0.4, 0.5) is 34.1 Å². The molecule has 2 heteroatoms. The van der Waals surface area contributed by atoms with Gasteiger partial charge in [-0.1, -0.05) is 190 Å². The summed E-state index contributed by atoms with van der Waals surface area (Å²) in [6.45, 7) is 4.76. The number of fused-ring (bicyclic) bond motifs is 1. The molecular formula is C63H46N2. The topological polar surface area (TPSA) is 6.48 Å². The predicted octanol–water partition coefficient (Wildman–Crippen LogP) is 17.7. The van der Waals surface area contributed by atoms with Gasteiger partial charge in [0.25, 0.3) is 0 Å². The van der Waals surface area contributed by atoms with E-state index in [-0.39, 0.29) is 5.41 Å². The lowest BCUT2D eigenvalue weighted by Crippen LogP contribution is -2.17. The molecule has 1 aliphatic carbocycles. The van der Waals surface area contributed by atoms with Crippen molar-refractivity contribution in [1.82, 2.24) is 0 Å². The van der Waals surface area contributed by atoms with Crippen LogP contribution in [-0.2, 0) is 5.41 Å². The van der Waals surface area contributed by atoms with Gasteiger partial charge in [-0.05, 0) is 138 Å². The van der Waals surface area contributed by atoms with E-state index in [0.717, 1.165) is 34.1 Å². The van der Waals surface area contributed by atoms with Crippen molar-refractivity contribution in [3.05, 3.63) is 254 Å². The SMILES string of the molecule is CC1(C)c2cccc3ccc4cc(N(c5ccc(-c6ccc(N(c7ccc(-c8ccccc8)cc7)c7ccc(-c8ccccc8)cc7)cc6)cc5)c5cccc6ccccc56)cc1c4c23. The molecule has 11 aromatic carbocycles. The lowest BCUT2D eigenvalue weighted by atomic mass is 9.81. The standard InChI is InChI=1S/C63H46N2/c1-63(2)58-21-11-19-50-23-24-51-41-56(42-59(63)62(51)61(50)58)65(60-22-12-18-49-17-9-10-20-57(49)60)55-39-31-48(32-40-55)47-29-37-54(38-30-47)64(52-33-25-45(26-34-52)43-13-5-3-6-14-43)53-35-27-46(28-36-53)44-15-7-4-8-16-44/h3-42H,1-2H3. The van der Waals surface area contributed by atoms with Crippen LogP contribution < -0.4 is 9.80 Å². The first-order valence-electron chi connectivity index (χ1n) is 22.6. The molecule has 0 radical (unpaired) electrons. The second-order valence-electron chi connectivity index (χ2n) is 17.8. The molecule has 0 saturated carbocycles. The van der Waals surface area contributed by atoms with Gasteiger partial charge in [-0.2, -0.15) is 0 Å². The van der Waals surface area contributed by atoms with E-state index in [0.29, 0.717) is 0 Å². The highest BCUT2D eigenvalue weighted by molar-refractivity contribution is 6.16. The Balaban J connectivity index is 0.916. The number of hydrogen-bond donors (Lipinski definition) is 0. The van der Waals surface area contributed by atoms with E-state index < -0.39 is 0 Å². The summed E-state index contributed by atoms with van der Waals surface area (Å²) >= 11 is 0. The van der Waals surface area contributed by atoms with Crippen molar-refractivity contribution in [1.29, 1.82) is 0 Å². The van der Waals surface area contributed by atoms with Gasteiger partial charge in [0.15, 0.2) is 0 Å². The molecule has 65 heavy (non-hydrogen) atoms. The Labute approximate surface area is 380 Å². The Bertz CT molecular complexity index is 3430. The van der Waals surface area contributed by atoms with Gasteiger partial charge in [0.2, 0.25) is 0 Å². The molecule has 0 atom stereocenters. The van der Waals surface area contributed by atoms with E-state index in [4.69, 9.17) is 0 Å². The summed E-state index contributed by atoms with van der Waals surface area (Å²) in [5.41, 5.74) is 16.6. The molecule has 308 valence electrons. The number of anilines is 6. The van der Waals surface area contributed by atoms with Crippen LogP contribution in [0.15, 0.2) is 243 Å². The van der Waals surface area contributed by atoms with Gasteiger partial charge >= 0.3 is 0 Å². The highest BCUT2D eigenvalue weighted by Crippen LogP contribution is 2.51. The molecule has 0 bridgehead atoms. The maximum Gasteiger partial charge on any atom is 0.0540 e. The van der Waals surface area contributed by atoms with E-state index in [1.807, 2.05) is 0 Å². The Kier molecular flexibility index (Phi) is 9.21. The normalized spacial score (nSPS) is 12.6. The van der Waals surface area contributed by atoms with Crippen LogP contribution in [0.2, 0.25) is 0 Å². The summed E-state index contributed by atoms with van der Waals surface area (Å²) in [5.74, 6) is 0. The molecule has 0 unspecified atom stereocenters. The van der Waals surface area contributed by atoms with Crippen LogP contribution in [0.5, 0.6) is 0 Å². The van der Waals surface area contributed by atoms with Crippen molar-refractivity contribution in [2.45, 2.75) is 19.3 Å². The lowest BCUT2D eigenvalue weighted by molar-refractivity contribution is 0.663. The van der Waals surface area contributed by atoms with Gasteiger partial charge in [0, 0.05) is 39.2 Å². The molecule has 0 aliphatic heterocycles. The highest BCUT2D eigenvalue weighted by atomic mass is 15.1. The largest absolute Gasteiger partial charge is 0.311 e. The van der Waals surface area contributed by atoms with Gasteiger partial charge in [-0.15, -0.1) is 0 Å². The molecule has 0 heterocycles. The van der Waals surface area contributed by atoms with E-state index in [9.17, 15) is 0 Å². The maximum absolute atomic E-state index is 2.46. The van der Waals surface area contributed by atoms with Crippen molar-refractivity contribution in [3.63, 3.8) is 0 Å². The van der Waals surface area contributed by atoms with Crippen LogP contribution in [0.1, 0.15) is 25.0 Å². The van der Waals surface area contributed by atoms with Gasteiger partial charge < -0.3 is 9.80 Å². The summed E-state index contributed by atoms with van der Waals surface area (Å²) in [7, 11) is 0. The second kappa shape index (κ2) is 15.6. The predicted molar refractivity (Wildman–Crippen MR) is 277 cm³/mol. The second-order valence-corrected chi connectivity index (χ2v) is 17.8. The molecule has 0 aromatic heterocycles. The third-order valence-electron chi connectivity index (χ3n) is 13.6. The third-order valence-corrected chi connectivity index (χ3v) is 13.6. The van der Waals surface area contributed by atoms with Gasteiger partial charge in [0.1, 0.15) is 0 Å². The molecule has 0 amide bonds. The maximum atomic E-state index is 2.46. The van der Waals surface area contributed by atoms with Crippen LogP contribution in [0.3, 0.4) is 0 Å². The van der Waals surface area contributed by atoms with Crippen molar-refractivity contribution < 1.29 is 0 Å². The molecule has 0 spiro atoms. The summed E-state index contributed by atoms with van der Waals surface area (Å²) in [6.07, 6.45) is 0. The average Bonchev–Trinajstić information content (AvgIpc) is 3.61. The monoisotopic (exact) mass is 830 g/mol. The Hall–Kier alpha value is -8.20. The summed E-state index contributed by atoms with van der Waals surface area (Å²) in [4.78, 5) is 4.80. The smallest absolute Gasteiger partial charge is 0.0540 e. The van der Waals surface area contributed by atoms with Crippen LogP contribution in [0.25, 0.3) is 65.7 Å². The Morgan fingerprint density at radius 1 is 0.277 bits per heavy atom. The molecular weight excluding hydrogens is 785 g/mol. The Morgan fingerprint density at radius 3 is 1.25 bits per heavy atom. The van der Waals surface area contributed by atoms with Crippen molar-refractivity contribution >= 4 is 66.4 Å². The fourth-order valence-corrected chi connectivity index (χ4v) is 10.3. The molecule has 0 saturated heterocycles. The van der Waals surface area contributed by atoms with Crippen LogP contribution in [-0.4, -0.2) is 0 Å². The minimum absolute atomic E-state index is 0.120. The zero-order chi connectivity index (χ0) is 43.5. The number of rotatable bonds is 9. The number of hydrogen-bond acceptors (Lipinski definition) is 2. The van der Waals surface area contributed by atoms with Crippen LogP contribution >= 0.6 is 0 Å². The summed E-state index contributed by atoms with van der Waals surface area (Å²) in [6, 6.07) is 88.7. The van der Waals surface area contributed by atoms with Crippen molar-refractivity contribution in [2.75, 3.05) is 9.80 Å². The fraction of sp³-hybridized carbons (Fsp3) is 0.0476. The van der Waals surface area contributed by atoms with Gasteiger partial charge in [-0.3, -0.25) is 0 Å². The zero-order valence-electron chi connectivity index (χ0n) is 36.5. The first-order valence-corrected chi connectivity index (χ1v) is 22.6. The van der Waals surface area contributed by atoms with Crippen molar-refractivity contribution in [3.8, 4) is 33.4 Å². The van der Waals surface area contributed by atoms with Crippen molar-refractivity contribution in [2.24, 2.45) is 0 Å². The molecule has 11 aromatic rings. The fourth-order valence-electron chi connectivity index (χ4n) is 10.3. The van der Waals surface area contributed by atoms with E-state index in [1.54, 1.807) is 0 Å². The van der Waals surface area contributed by atoms with E-state index in [2.05, 4.69) is 266 Å². The number of benzene rings is 11. The van der Waals surface area contributed by atoms with Gasteiger partial charge in [-0.25, -0.2) is 0 Å².